The van der Waals surface area contributed by atoms with Crippen molar-refractivity contribution in [2.45, 2.75) is 6.92 Å². The molecule has 0 aliphatic rings. The summed E-state index contributed by atoms with van der Waals surface area (Å²) in [5.74, 6) is 0.769. The van der Waals surface area contributed by atoms with Crippen LogP contribution in [0.2, 0.25) is 0 Å². The van der Waals surface area contributed by atoms with Crippen molar-refractivity contribution in [3.05, 3.63) is 36.0 Å². The maximum Gasteiger partial charge on any atom is 0.268 e. The molecule has 1 N–H and O–H groups in total. The third kappa shape index (κ3) is 1.27. The number of nitrogens with zero attached hydrogens (tertiary/aromatic N) is 1. The highest BCUT2D eigenvalue weighted by Crippen LogP contribution is 2.22. The Balaban J connectivity index is 2.84. The van der Waals surface area contributed by atoms with Crippen molar-refractivity contribution in [3.63, 3.8) is 0 Å². The summed E-state index contributed by atoms with van der Waals surface area (Å²) in [6.45, 7) is 1.99. The molecule has 2 rings (SSSR count). The first-order chi connectivity index (χ1) is 6.72. The first-order valence-corrected chi connectivity index (χ1v) is 4.40. The van der Waals surface area contributed by atoms with Crippen LogP contribution in [0.4, 0.5) is 0 Å². The molecule has 2 aromatic rings. The van der Waals surface area contributed by atoms with Crippen molar-refractivity contribution in [3.8, 4) is 5.75 Å². The zero-order chi connectivity index (χ0) is 10.1. The minimum absolute atomic E-state index is 0.754. The van der Waals surface area contributed by atoms with Crippen molar-refractivity contribution in [2.75, 3.05) is 7.11 Å². The van der Waals surface area contributed by atoms with E-state index in [1.54, 1.807) is 19.4 Å². The second-order valence-electron chi connectivity index (χ2n) is 3.25. The van der Waals surface area contributed by atoms with Crippen LogP contribution in [0.5, 0.6) is 5.75 Å². The van der Waals surface area contributed by atoms with E-state index in [-0.39, 0.29) is 0 Å². The molecule has 14 heavy (non-hydrogen) atoms. The quantitative estimate of drug-likeness (QED) is 0.548. The Morgan fingerprint density at radius 2 is 2.07 bits per heavy atom. The monoisotopic (exact) mass is 190 g/mol. The molecule has 0 aliphatic heterocycles. The summed E-state index contributed by atoms with van der Waals surface area (Å²) in [7, 11) is 1.62. The summed E-state index contributed by atoms with van der Waals surface area (Å²) in [6.07, 6.45) is 1.57. The van der Waals surface area contributed by atoms with Crippen molar-refractivity contribution in [1.29, 1.82) is 0 Å². The van der Waals surface area contributed by atoms with Gasteiger partial charge in [-0.2, -0.15) is 0 Å². The summed E-state index contributed by atoms with van der Waals surface area (Å²) in [6, 6.07) is 7.58. The van der Waals surface area contributed by atoms with Crippen LogP contribution in [-0.2, 0) is 0 Å². The minimum Gasteiger partial charge on any atom is -0.496 e. The molecular formula is C11H12NO2+. The van der Waals surface area contributed by atoms with Gasteiger partial charge in [0.25, 0.3) is 5.52 Å². The summed E-state index contributed by atoms with van der Waals surface area (Å²) in [5, 5.41) is 10.5. The number of aryl methyl sites for hydroxylation is 1. The summed E-state index contributed by atoms with van der Waals surface area (Å²) >= 11 is 0. The van der Waals surface area contributed by atoms with Crippen LogP contribution < -0.4 is 9.47 Å². The molecule has 0 amide bonds. The highest BCUT2D eigenvalue weighted by atomic mass is 16.5. The summed E-state index contributed by atoms with van der Waals surface area (Å²) in [4.78, 5) is 0. The molecule has 1 heterocycles. The molecule has 0 fully saturated rings. The standard InChI is InChI=1S/C11H12NO2/c1-8-3-4-9-10(7-8)12(13)6-5-11(9)14-2/h3-7,13H,1-2H3/q+1. The van der Waals surface area contributed by atoms with E-state index in [9.17, 15) is 5.21 Å². The second-order valence-corrected chi connectivity index (χ2v) is 3.25. The zero-order valence-electron chi connectivity index (χ0n) is 8.19. The Bertz CT molecular complexity index is 480. The number of benzene rings is 1. The van der Waals surface area contributed by atoms with Crippen LogP contribution in [0.15, 0.2) is 30.5 Å². The predicted octanol–water partition coefficient (Wildman–Crippen LogP) is 1.68. The lowest BCUT2D eigenvalue weighted by Gasteiger charge is -2.02. The van der Waals surface area contributed by atoms with Gasteiger partial charge < -0.3 is 4.74 Å². The molecule has 1 aromatic heterocycles. The van der Waals surface area contributed by atoms with E-state index in [4.69, 9.17) is 4.74 Å². The predicted molar refractivity (Wildman–Crippen MR) is 52.6 cm³/mol. The lowest BCUT2D eigenvalue weighted by atomic mass is 10.1. The van der Waals surface area contributed by atoms with Gasteiger partial charge in [-0.05, 0) is 18.6 Å². The summed E-state index contributed by atoms with van der Waals surface area (Å²) in [5.41, 5.74) is 1.86. The van der Waals surface area contributed by atoms with Gasteiger partial charge in [0.2, 0.25) is 6.20 Å². The maximum atomic E-state index is 9.58. The summed E-state index contributed by atoms with van der Waals surface area (Å²) < 4.78 is 6.30. The molecule has 0 radical (unpaired) electrons. The highest BCUT2D eigenvalue weighted by molar-refractivity contribution is 5.82. The van der Waals surface area contributed by atoms with Crippen LogP contribution in [0.3, 0.4) is 0 Å². The molecule has 0 bridgehead atoms. The van der Waals surface area contributed by atoms with E-state index in [1.807, 2.05) is 25.1 Å². The number of pyridine rings is 1. The van der Waals surface area contributed by atoms with Gasteiger partial charge in [-0.3, -0.25) is 5.21 Å². The number of fused-ring (bicyclic) bond motifs is 1. The van der Waals surface area contributed by atoms with Crippen LogP contribution in [0.25, 0.3) is 10.9 Å². The third-order valence-corrected chi connectivity index (χ3v) is 2.25. The van der Waals surface area contributed by atoms with Gasteiger partial charge in [0.15, 0.2) is 0 Å². The van der Waals surface area contributed by atoms with E-state index in [2.05, 4.69) is 0 Å². The highest BCUT2D eigenvalue weighted by Gasteiger charge is 2.12. The maximum absolute atomic E-state index is 9.58. The van der Waals surface area contributed by atoms with Gasteiger partial charge >= 0.3 is 0 Å². The normalized spacial score (nSPS) is 10.4. The van der Waals surface area contributed by atoms with Crippen LogP contribution in [0.1, 0.15) is 5.56 Å². The first-order valence-electron chi connectivity index (χ1n) is 4.40. The Hall–Kier alpha value is -1.77. The molecule has 72 valence electrons. The number of aromatic nitrogens is 1. The molecule has 0 saturated carbocycles. The smallest absolute Gasteiger partial charge is 0.268 e. The molecular weight excluding hydrogens is 178 g/mol. The van der Waals surface area contributed by atoms with E-state index in [0.717, 1.165) is 26.9 Å². The fraction of sp³-hybridized carbons (Fsp3) is 0.182. The van der Waals surface area contributed by atoms with Crippen molar-refractivity contribution in [2.24, 2.45) is 0 Å². The van der Waals surface area contributed by atoms with Crippen molar-refractivity contribution in [1.82, 2.24) is 0 Å². The number of hydrogen-bond acceptors (Lipinski definition) is 2. The molecule has 0 spiro atoms. The van der Waals surface area contributed by atoms with Gasteiger partial charge in [-0.25, -0.2) is 0 Å². The van der Waals surface area contributed by atoms with Gasteiger partial charge in [0, 0.05) is 16.9 Å². The van der Waals surface area contributed by atoms with Crippen LogP contribution >= 0.6 is 0 Å². The Morgan fingerprint density at radius 1 is 1.29 bits per heavy atom. The van der Waals surface area contributed by atoms with Crippen molar-refractivity contribution >= 4 is 10.9 Å². The number of ether oxygens (including phenoxy) is 1. The fourth-order valence-corrected chi connectivity index (χ4v) is 1.53. The van der Waals surface area contributed by atoms with E-state index in [0.29, 0.717) is 0 Å². The molecule has 1 aromatic carbocycles. The van der Waals surface area contributed by atoms with Gasteiger partial charge in [-0.1, -0.05) is 6.07 Å². The van der Waals surface area contributed by atoms with Gasteiger partial charge in [0.05, 0.1) is 12.5 Å². The van der Waals surface area contributed by atoms with E-state index >= 15 is 0 Å². The van der Waals surface area contributed by atoms with E-state index in [1.165, 1.54) is 0 Å². The largest absolute Gasteiger partial charge is 0.496 e. The zero-order valence-corrected chi connectivity index (χ0v) is 8.19. The Labute approximate surface area is 82.1 Å². The van der Waals surface area contributed by atoms with Gasteiger partial charge in [0.1, 0.15) is 5.75 Å². The molecule has 3 nitrogen and oxygen atoms in total. The molecule has 0 aliphatic carbocycles. The molecule has 0 unspecified atom stereocenters. The first kappa shape index (κ1) is 8.81. The number of rotatable bonds is 1. The molecule has 0 atom stereocenters. The SMILES string of the molecule is COc1cc[n+](O)c2cc(C)ccc12. The molecule has 3 heteroatoms. The Morgan fingerprint density at radius 3 is 2.79 bits per heavy atom. The molecule has 0 saturated heterocycles. The number of hydrogen-bond donors (Lipinski definition) is 1. The number of methoxy groups -OCH3 is 1. The second kappa shape index (κ2) is 3.18. The topological polar surface area (TPSA) is 33.3 Å². The van der Waals surface area contributed by atoms with Crippen LogP contribution in [-0.4, -0.2) is 12.3 Å². The minimum atomic E-state index is 0.754. The van der Waals surface area contributed by atoms with Gasteiger partial charge in [-0.15, -0.1) is 0 Å². The van der Waals surface area contributed by atoms with E-state index < -0.39 is 0 Å². The average Bonchev–Trinajstić information content (AvgIpc) is 2.19. The third-order valence-electron chi connectivity index (χ3n) is 2.25. The Kier molecular flexibility index (Phi) is 2.00. The lowest BCUT2D eigenvalue weighted by molar-refractivity contribution is -0.884. The fourth-order valence-electron chi connectivity index (χ4n) is 1.53. The average molecular weight is 190 g/mol. The van der Waals surface area contributed by atoms with Crippen LogP contribution in [0, 0.1) is 6.92 Å². The lowest BCUT2D eigenvalue weighted by Crippen LogP contribution is -2.30. The van der Waals surface area contributed by atoms with Crippen molar-refractivity contribution < 1.29 is 14.7 Å².